The lowest BCUT2D eigenvalue weighted by Gasteiger charge is -2.33. The van der Waals surface area contributed by atoms with Crippen molar-refractivity contribution in [2.75, 3.05) is 18.4 Å². The maximum absolute atomic E-state index is 13.1. The van der Waals surface area contributed by atoms with Gasteiger partial charge in [0.1, 0.15) is 11.4 Å². The first-order valence-corrected chi connectivity index (χ1v) is 8.18. The number of anilines is 2. The van der Waals surface area contributed by atoms with Crippen LogP contribution < -0.4 is 11.1 Å². The molecule has 3 rings (SSSR count). The first-order valence-electron chi connectivity index (χ1n) is 8.18. The molecular formula is C17H17FN6O3. The normalized spacial score (nSPS) is 19.3. The van der Waals surface area contributed by atoms with Crippen LogP contribution in [-0.2, 0) is 0 Å². The van der Waals surface area contributed by atoms with Crippen LogP contribution >= 0.6 is 0 Å². The molecule has 2 unspecified atom stereocenters. The maximum atomic E-state index is 13.1. The van der Waals surface area contributed by atoms with E-state index in [1.165, 1.54) is 40.0 Å². The molecule has 1 aliphatic rings. The minimum atomic E-state index is -1.08. The van der Waals surface area contributed by atoms with E-state index in [9.17, 15) is 19.2 Å². The predicted octanol–water partition coefficient (Wildman–Crippen LogP) is 1.93. The molecule has 9 nitrogen and oxygen atoms in total. The van der Waals surface area contributed by atoms with Gasteiger partial charge in [0.25, 0.3) is 5.91 Å². The predicted molar refractivity (Wildman–Crippen MR) is 92.8 cm³/mol. The van der Waals surface area contributed by atoms with Crippen LogP contribution in [0.15, 0.2) is 30.5 Å². The zero-order valence-electron chi connectivity index (χ0n) is 14.2. The van der Waals surface area contributed by atoms with E-state index in [0.717, 1.165) is 0 Å². The number of carbonyl (C=O) groups excluding carboxylic acids is 1. The second kappa shape index (κ2) is 7.33. The molecule has 2 heterocycles. The van der Waals surface area contributed by atoms with E-state index in [0.29, 0.717) is 12.1 Å². The van der Waals surface area contributed by atoms with Crippen LogP contribution in [0.2, 0.25) is 0 Å². The summed E-state index contributed by atoms with van der Waals surface area (Å²) in [5.41, 5.74) is 6.06. The second-order valence-corrected chi connectivity index (χ2v) is 6.19. The Hall–Kier alpha value is -3.61. The van der Waals surface area contributed by atoms with Crippen LogP contribution in [0.25, 0.3) is 0 Å². The molecule has 1 aromatic heterocycles. The average Bonchev–Trinajstić information content (AvgIpc) is 3.07. The molecule has 140 valence electrons. The van der Waals surface area contributed by atoms with E-state index in [4.69, 9.17) is 10.8 Å². The number of piperidine rings is 1. The number of nitrogens with two attached hydrogens (primary N) is 1. The van der Waals surface area contributed by atoms with E-state index < -0.39 is 29.8 Å². The highest BCUT2D eigenvalue weighted by molar-refractivity contribution is 5.98. The monoisotopic (exact) mass is 372 g/mol. The molecule has 1 fully saturated rings. The first kappa shape index (κ1) is 18.2. The summed E-state index contributed by atoms with van der Waals surface area (Å²) >= 11 is 0. The zero-order valence-corrected chi connectivity index (χ0v) is 14.2. The summed E-state index contributed by atoms with van der Waals surface area (Å²) in [5.74, 6) is -1.54. The quantitative estimate of drug-likeness (QED) is 0.750. The van der Waals surface area contributed by atoms with Gasteiger partial charge >= 0.3 is 6.09 Å². The number of benzene rings is 1. The van der Waals surface area contributed by atoms with Crippen molar-refractivity contribution in [3.63, 3.8) is 0 Å². The fourth-order valence-corrected chi connectivity index (χ4v) is 3.06. The molecule has 1 aliphatic heterocycles. The number of rotatable bonds is 4. The van der Waals surface area contributed by atoms with Gasteiger partial charge in [0, 0.05) is 25.0 Å². The third-order valence-corrected chi connectivity index (χ3v) is 4.46. The van der Waals surface area contributed by atoms with Gasteiger partial charge in [0.2, 0.25) is 0 Å². The highest BCUT2D eigenvalue weighted by Gasteiger charge is 2.34. The topological polar surface area (TPSA) is 137 Å². The van der Waals surface area contributed by atoms with Crippen LogP contribution in [0.5, 0.6) is 0 Å². The van der Waals surface area contributed by atoms with Crippen molar-refractivity contribution in [3.8, 4) is 6.07 Å². The second-order valence-electron chi connectivity index (χ2n) is 6.19. The number of primary amides is 1. The molecule has 27 heavy (non-hydrogen) atoms. The lowest BCUT2D eigenvalue weighted by molar-refractivity contribution is 0.100. The Labute approximate surface area is 153 Å². The Morgan fingerprint density at radius 3 is 2.67 bits per heavy atom. The van der Waals surface area contributed by atoms with Gasteiger partial charge in [-0.05, 0) is 30.7 Å². The summed E-state index contributed by atoms with van der Waals surface area (Å²) in [6.07, 6.45) is 0.741. The van der Waals surface area contributed by atoms with Gasteiger partial charge in [0.15, 0.2) is 5.82 Å². The molecular weight excluding hydrogens is 355 g/mol. The van der Waals surface area contributed by atoms with Gasteiger partial charge in [-0.1, -0.05) is 0 Å². The van der Waals surface area contributed by atoms with Crippen LogP contribution in [0, 0.1) is 23.1 Å². The first-order chi connectivity index (χ1) is 12.9. The van der Waals surface area contributed by atoms with Crippen LogP contribution in [0.1, 0.15) is 22.8 Å². The number of nitriles is 1. The Kier molecular flexibility index (Phi) is 4.94. The molecule has 1 saturated heterocycles. The molecule has 1 aromatic carbocycles. The molecule has 2 atom stereocenters. The van der Waals surface area contributed by atoms with Gasteiger partial charge in [-0.15, -0.1) is 0 Å². The smallest absolute Gasteiger partial charge is 0.407 e. The molecule has 10 heteroatoms. The summed E-state index contributed by atoms with van der Waals surface area (Å²) in [6.45, 7) is 0.313. The van der Waals surface area contributed by atoms with Gasteiger partial charge in [-0.3, -0.25) is 9.48 Å². The van der Waals surface area contributed by atoms with E-state index >= 15 is 0 Å². The summed E-state index contributed by atoms with van der Waals surface area (Å²) < 4.78 is 14.5. The highest BCUT2D eigenvalue weighted by atomic mass is 19.1. The number of carbonyl (C=O) groups is 2. The molecule has 2 amide bonds. The highest BCUT2D eigenvalue weighted by Crippen LogP contribution is 2.30. The minimum Gasteiger partial charge on any atom is -0.465 e. The SMILES string of the molecule is N#CC1CN(C(=O)O)CCC1n1cc(C(N)=O)c(Nc2ccc(F)cc2)n1. The molecule has 0 aliphatic carbocycles. The van der Waals surface area contributed by atoms with Gasteiger partial charge in [-0.25, -0.2) is 9.18 Å². The van der Waals surface area contributed by atoms with E-state index in [-0.39, 0.29) is 24.5 Å². The fraction of sp³-hybridized carbons (Fsp3) is 0.294. The Bertz CT molecular complexity index is 904. The van der Waals surface area contributed by atoms with E-state index in [1.54, 1.807) is 0 Å². The number of carboxylic acid groups (broad SMARTS) is 1. The van der Waals surface area contributed by atoms with Gasteiger partial charge < -0.3 is 21.1 Å². The molecule has 0 spiro atoms. The summed E-state index contributed by atoms with van der Waals surface area (Å²) in [5, 5.41) is 25.8. The van der Waals surface area contributed by atoms with Crippen molar-refractivity contribution in [1.29, 1.82) is 5.26 Å². The van der Waals surface area contributed by atoms with Crippen molar-refractivity contribution in [3.05, 3.63) is 41.8 Å². The number of aromatic nitrogens is 2. The largest absolute Gasteiger partial charge is 0.465 e. The molecule has 4 N–H and O–H groups in total. The number of likely N-dealkylation sites (tertiary alicyclic amines) is 1. The Morgan fingerprint density at radius 2 is 2.07 bits per heavy atom. The number of hydrogen-bond donors (Lipinski definition) is 3. The van der Waals surface area contributed by atoms with Crippen molar-refractivity contribution in [2.24, 2.45) is 11.7 Å². The third-order valence-electron chi connectivity index (χ3n) is 4.46. The van der Waals surface area contributed by atoms with Crippen molar-refractivity contribution >= 4 is 23.5 Å². The standard InChI is InChI=1S/C17H17FN6O3/c18-11-1-3-12(4-2-11)21-16-13(15(20)25)9-24(22-16)14-5-6-23(17(26)27)8-10(14)7-19/h1-4,9-10,14H,5-6,8H2,(H2,20,25)(H,21,22)(H,26,27). The minimum absolute atomic E-state index is 0.0585. The summed E-state index contributed by atoms with van der Waals surface area (Å²) in [6, 6.07) is 7.21. The number of amides is 2. The number of halogens is 1. The maximum Gasteiger partial charge on any atom is 0.407 e. The lowest BCUT2D eigenvalue weighted by Crippen LogP contribution is -2.43. The van der Waals surface area contributed by atoms with E-state index in [2.05, 4.69) is 16.5 Å². The summed E-state index contributed by atoms with van der Waals surface area (Å²) in [7, 11) is 0. The van der Waals surface area contributed by atoms with Crippen molar-refractivity contribution in [2.45, 2.75) is 12.5 Å². The van der Waals surface area contributed by atoms with Gasteiger partial charge in [0.05, 0.1) is 18.0 Å². The van der Waals surface area contributed by atoms with Crippen molar-refractivity contribution in [1.82, 2.24) is 14.7 Å². The number of nitrogens with one attached hydrogen (secondary N) is 1. The summed E-state index contributed by atoms with van der Waals surface area (Å²) in [4.78, 5) is 24.1. The molecule has 0 radical (unpaired) electrons. The number of hydrogen-bond acceptors (Lipinski definition) is 5. The molecule has 0 saturated carbocycles. The van der Waals surface area contributed by atoms with Crippen LogP contribution in [0.3, 0.4) is 0 Å². The fourth-order valence-electron chi connectivity index (χ4n) is 3.06. The Balaban J connectivity index is 1.88. The van der Waals surface area contributed by atoms with Crippen molar-refractivity contribution < 1.29 is 19.1 Å². The van der Waals surface area contributed by atoms with Crippen LogP contribution in [-0.4, -0.2) is 44.9 Å². The third kappa shape index (κ3) is 3.82. The lowest BCUT2D eigenvalue weighted by atomic mass is 9.94. The van der Waals surface area contributed by atoms with E-state index in [1.807, 2.05) is 0 Å². The average molecular weight is 372 g/mol. The van der Waals surface area contributed by atoms with Crippen LogP contribution in [0.4, 0.5) is 20.7 Å². The molecule has 0 bridgehead atoms. The Morgan fingerprint density at radius 1 is 1.37 bits per heavy atom. The zero-order chi connectivity index (χ0) is 19.6. The number of nitrogens with zero attached hydrogens (tertiary/aromatic N) is 4. The molecule has 2 aromatic rings. The van der Waals surface area contributed by atoms with Gasteiger partial charge in [-0.2, -0.15) is 10.4 Å².